The van der Waals surface area contributed by atoms with Gasteiger partial charge in [0.05, 0.1) is 0 Å². The summed E-state index contributed by atoms with van der Waals surface area (Å²) in [6.07, 6.45) is 2.92. The lowest BCUT2D eigenvalue weighted by Gasteiger charge is -2.09. The molecule has 4 nitrogen and oxygen atoms in total. The molecule has 29 heavy (non-hydrogen) atoms. The average molecular weight is 381 g/mol. The minimum Gasteiger partial charge on any atom is -0.310 e. The van der Waals surface area contributed by atoms with Crippen molar-refractivity contribution in [1.29, 1.82) is 0 Å². The summed E-state index contributed by atoms with van der Waals surface area (Å²) in [4.78, 5) is 17.9. The predicted molar refractivity (Wildman–Crippen MR) is 116 cm³/mol. The van der Waals surface area contributed by atoms with Crippen molar-refractivity contribution in [3.05, 3.63) is 89.6 Å². The fourth-order valence-corrected chi connectivity index (χ4v) is 3.95. The lowest BCUT2D eigenvalue weighted by Crippen LogP contribution is -2.16. The number of rotatable bonds is 4. The Balaban J connectivity index is 1.50. The van der Waals surface area contributed by atoms with Crippen LogP contribution < -0.4 is 5.32 Å². The van der Waals surface area contributed by atoms with Gasteiger partial charge in [-0.25, -0.2) is 4.98 Å². The van der Waals surface area contributed by atoms with Gasteiger partial charge in [0.15, 0.2) is 0 Å². The van der Waals surface area contributed by atoms with E-state index in [-0.39, 0.29) is 11.8 Å². The number of aryl methyl sites for hydroxylation is 2. The molecule has 1 aliphatic carbocycles. The number of carbonyl (C=O) groups excluding carboxylic acids is 1. The van der Waals surface area contributed by atoms with Gasteiger partial charge in [-0.05, 0) is 43.4 Å². The van der Waals surface area contributed by atoms with E-state index in [1.54, 1.807) is 0 Å². The van der Waals surface area contributed by atoms with Crippen LogP contribution in [0.1, 0.15) is 29.0 Å². The second-order valence-corrected chi connectivity index (χ2v) is 7.96. The zero-order chi connectivity index (χ0) is 20.0. The third-order valence-electron chi connectivity index (χ3n) is 5.69. The molecule has 2 aromatic heterocycles. The molecule has 2 aromatic carbocycles. The highest BCUT2D eigenvalue weighted by atomic mass is 16.2. The van der Waals surface area contributed by atoms with Crippen LogP contribution in [0.3, 0.4) is 0 Å². The van der Waals surface area contributed by atoms with E-state index in [9.17, 15) is 4.79 Å². The number of pyridine rings is 1. The third kappa shape index (κ3) is 3.31. The Hall–Kier alpha value is -3.40. The minimum absolute atomic E-state index is 0.0126. The predicted octanol–water partition coefficient (Wildman–Crippen LogP) is 5.36. The van der Waals surface area contributed by atoms with Crippen LogP contribution in [0, 0.1) is 19.8 Å². The van der Waals surface area contributed by atoms with E-state index in [1.807, 2.05) is 47.9 Å². The highest BCUT2D eigenvalue weighted by Gasteiger charge is 2.44. The smallest absolute Gasteiger partial charge is 0.229 e. The summed E-state index contributed by atoms with van der Waals surface area (Å²) >= 11 is 0. The molecule has 1 N–H and O–H groups in total. The van der Waals surface area contributed by atoms with Crippen LogP contribution in [0.5, 0.6) is 0 Å². The van der Waals surface area contributed by atoms with Crippen molar-refractivity contribution in [3.63, 3.8) is 0 Å². The normalized spacial score (nSPS) is 18.0. The monoisotopic (exact) mass is 381 g/mol. The molecule has 1 aliphatic rings. The average Bonchev–Trinajstić information content (AvgIpc) is 3.47. The standard InChI is InChI=1S/C25H23N3O/c1-16-8-11-19(12-9-16)23-24(28-15-17(2)10-13-22(28)26-23)27-25(29)21-14-20(21)18-6-4-3-5-7-18/h3-13,15,20-21H,14H2,1-2H3,(H,27,29)/t20-,21-/m0/s1. The second kappa shape index (κ2) is 6.89. The maximum atomic E-state index is 13.1. The molecule has 0 unspecified atom stereocenters. The Kier molecular flexibility index (Phi) is 4.20. The van der Waals surface area contributed by atoms with Gasteiger partial charge in [0.25, 0.3) is 0 Å². The Morgan fingerprint density at radius 2 is 1.69 bits per heavy atom. The Bertz CT molecular complexity index is 1190. The lowest BCUT2D eigenvalue weighted by molar-refractivity contribution is -0.117. The molecule has 1 fully saturated rings. The summed E-state index contributed by atoms with van der Waals surface area (Å²) < 4.78 is 1.99. The molecule has 2 atom stereocenters. The van der Waals surface area contributed by atoms with Crippen molar-refractivity contribution in [1.82, 2.24) is 9.38 Å². The first-order chi connectivity index (χ1) is 14.1. The molecule has 4 heteroatoms. The number of hydrogen-bond acceptors (Lipinski definition) is 2. The number of amides is 1. The highest BCUT2D eigenvalue weighted by Crippen LogP contribution is 2.48. The fourth-order valence-electron chi connectivity index (χ4n) is 3.95. The quantitative estimate of drug-likeness (QED) is 0.517. The van der Waals surface area contributed by atoms with Crippen molar-refractivity contribution < 1.29 is 4.79 Å². The van der Waals surface area contributed by atoms with Crippen molar-refractivity contribution in [2.75, 3.05) is 5.32 Å². The second-order valence-electron chi connectivity index (χ2n) is 7.96. The van der Waals surface area contributed by atoms with Crippen molar-refractivity contribution in [2.24, 2.45) is 5.92 Å². The van der Waals surface area contributed by atoms with Crippen LogP contribution >= 0.6 is 0 Å². The summed E-state index contributed by atoms with van der Waals surface area (Å²) in [6, 6.07) is 22.6. The van der Waals surface area contributed by atoms with Gasteiger partial charge in [0.1, 0.15) is 17.2 Å². The number of benzene rings is 2. The number of aromatic nitrogens is 2. The number of nitrogens with zero attached hydrogens (tertiary/aromatic N) is 2. The molecule has 2 heterocycles. The molecule has 4 aromatic rings. The maximum absolute atomic E-state index is 13.1. The number of carbonyl (C=O) groups is 1. The van der Waals surface area contributed by atoms with Crippen LogP contribution in [0.15, 0.2) is 72.9 Å². The van der Waals surface area contributed by atoms with Gasteiger partial charge in [0.2, 0.25) is 5.91 Å². The molecule has 1 amide bonds. The van der Waals surface area contributed by atoms with Gasteiger partial charge in [-0.2, -0.15) is 0 Å². The molecule has 0 spiro atoms. The van der Waals surface area contributed by atoms with Gasteiger partial charge in [-0.3, -0.25) is 9.20 Å². The topological polar surface area (TPSA) is 46.4 Å². The first kappa shape index (κ1) is 17.7. The van der Waals surface area contributed by atoms with E-state index in [0.29, 0.717) is 5.92 Å². The van der Waals surface area contributed by atoms with E-state index in [4.69, 9.17) is 4.98 Å². The lowest BCUT2D eigenvalue weighted by atomic mass is 10.1. The van der Waals surface area contributed by atoms with Crippen LogP contribution in [0.2, 0.25) is 0 Å². The molecule has 0 bridgehead atoms. The summed E-state index contributed by atoms with van der Waals surface area (Å²) in [5.41, 5.74) is 6.19. The van der Waals surface area contributed by atoms with E-state index < -0.39 is 0 Å². The number of hydrogen-bond donors (Lipinski definition) is 1. The summed E-state index contributed by atoms with van der Waals surface area (Å²) in [5, 5.41) is 3.20. The van der Waals surface area contributed by atoms with E-state index in [2.05, 4.69) is 48.6 Å². The molecule has 5 rings (SSSR count). The SMILES string of the molecule is Cc1ccc(-c2nc3ccc(C)cn3c2NC(=O)[C@H]2C[C@H]2c2ccccc2)cc1. The molecule has 0 aliphatic heterocycles. The fraction of sp³-hybridized carbons (Fsp3) is 0.200. The summed E-state index contributed by atoms with van der Waals surface area (Å²) in [6.45, 7) is 4.11. The van der Waals surface area contributed by atoms with Crippen LogP contribution in [0.4, 0.5) is 5.82 Å². The summed E-state index contributed by atoms with van der Waals surface area (Å²) in [5.74, 6) is 1.13. The van der Waals surface area contributed by atoms with Crippen molar-refractivity contribution in [2.45, 2.75) is 26.2 Å². The molecule has 0 saturated heterocycles. The first-order valence-electron chi connectivity index (χ1n) is 10.0. The number of imidazole rings is 1. The van der Waals surface area contributed by atoms with Gasteiger partial charge in [-0.15, -0.1) is 0 Å². The molecular formula is C25H23N3O. The number of anilines is 1. The molecule has 1 saturated carbocycles. The largest absolute Gasteiger partial charge is 0.310 e. The van der Waals surface area contributed by atoms with E-state index in [0.717, 1.165) is 34.7 Å². The third-order valence-corrected chi connectivity index (χ3v) is 5.69. The van der Waals surface area contributed by atoms with E-state index >= 15 is 0 Å². The first-order valence-corrected chi connectivity index (χ1v) is 10.0. The van der Waals surface area contributed by atoms with Gasteiger partial charge in [0, 0.05) is 17.7 Å². The van der Waals surface area contributed by atoms with E-state index in [1.165, 1.54) is 11.1 Å². The molecular weight excluding hydrogens is 358 g/mol. The molecule has 0 radical (unpaired) electrons. The minimum atomic E-state index is 0.0126. The Morgan fingerprint density at radius 1 is 0.966 bits per heavy atom. The maximum Gasteiger partial charge on any atom is 0.229 e. The van der Waals surface area contributed by atoms with Crippen molar-refractivity contribution in [3.8, 4) is 11.3 Å². The highest BCUT2D eigenvalue weighted by molar-refractivity contribution is 5.98. The van der Waals surface area contributed by atoms with Gasteiger partial charge >= 0.3 is 0 Å². The Labute approximate surface area is 170 Å². The van der Waals surface area contributed by atoms with Crippen molar-refractivity contribution >= 4 is 17.4 Å². The van der Waals surface area contributed by atoms with Crippen LogP contribution in [-0.2, 0) is 4.79 Å². The van der Waals surface area contributed by atoms with Gasteiger partial charge < -0.3 is 5.32 Å². The van der Waals surface area contributed by atoms with Crippen LogP contribution in [0.25, 0.3) is 16.9 Å². The zero-order valence-electron chi connectivity index (χ0n) is 16.6. The number of fused-ring (bicyclic) bond motifs is 1. The Morgan fingerprint density at radius 3 is 2.45 bits per heavy atom. The van der Waals surface area contributed by atoms with Gasteiger partial charge in [-0.1, -0.05) is 66.2 Å². The zero-order valence-corrected chi connectivity index (χ0v) is 16.6. The van der Waals surface area contributed by atoms with Crippen LogP contribution in [-0.4, -0.2) is 15.3 Å². The molecule has 144 valence electrons. The summed E-state index contributed by atoms with van der Waals surface area (Å²) in [7, 11) is 0. The number of nitrogens with one attached hydrogen (secondary N) is 1.